The molecule has 0 saturated heterocycles. The Morgan fingerprint density at radius 3 is 2.13 bits per heavy atom. The number of benzene rings is 1. The number of hydrogen-bond acceptors (Lipinski definition) is 5. The molecular formula is C24H35N3O4. The molecule has 0 aliphatic rings. The van der Waals surface area contributed by atoms with E-state index in [1.807, 2.05) is 54.5 Å². The molecule has 2 N–H and O–H groups in total. The predicted molar refractivity (Wildman–Crippen MR) is 122 cm³/mol. The topological polar surface area (TPSA) is 93.5 Å². The smallest absolute Gasteiger partial charge is 0.342 e. The maximum absolute atomic E-state index is 13.0. The molecule has 0 spiro atoms. The fourth-order valence-corrected chi connectivity index (χ4v) is 3.25. The second-order valence-corrected chi connectivity index (χ2v) is 10.1. The number of esters is 1. The third-order valence-electron chi connectivity index (χ3n) is 5.41. The van der Waals surface area contributed by atoms with E-state index in [0.29, 0.717) is 16.9 Å². The Kier molecular flexibility index (Phi) is 6.59. The third-order valence-corrected chi connectivity index (χ3v) is 5.41. The van der Waals surface area contributed by atoms with Gasteiger partial charge in [-0.3, -0.25) is 9.48 Å². The Morgan fingerprint density at radius 1 is 1.10 bits per heavy atom. The van der Waals surface area contributed by atoms with Crippen molar-refractivity contribution in [1.29, 1.82) is 0 Å². The highest BCUT2D eigenvalue weighted by Crippen LogP contribution is 2.38. The molecule has 0 aliphatic heterocycles. The van der Waals surface area contributed by atoms with Crippen LogP contribution in [0.4, 0.5) is 5.69 Å². The van der Waals surface area contributed by atoms with Crippen molar-refractivity contribution in [2.75, 3.05) is 5.32 Å². The Bertz CT molecular complexity index is 1010. The van der Waals surface area contributed by atoms with Crippen molar-refractivity contribution in [1.82, 2.24) is 9.78 Å². The number of hydrogen-bond donors (Lipinski definition) is 2. The van der Waals surface area contributed by atoms with Crippen LogP contribution in [0, 0.1) is 13.8 Å². The maximum Gasteiger partial charge on any atom is 0.342 e. The lowest BCUT2D eigenvalue weighted by Gasteiger charge is -2.27. The number of amides is 1. The van der Waals surface area contributed by atoms with Crippen LogP contribution >= 0.6 is 0 Å². The highest BCUT2D eigenvalue weighted by molar-refractivity contribution is 5.99. The summed E-state index contributed by atoms with van der Waals surface area (Å²) < 4.78 is 7.11. The molecule has 0 radical (unpaired) electrons. The summed E-state index contributed by atoms with van der Waals surface area (Å²) in [5, 5.41) is 17.9. The molecule has 1 aromatic carbocycles. The molecule has 1 atom stereocenters. The van der Waals surface area contributed by atoms with Gasteiger partial charge in [-0.25, -0.2) is 4.79 Å². The molecule has 31 heavy (non-hydrogen) atoms. The highest BCUT2D eigenvalue weighted by Gasteiger charge is 2.29. The standard InChI is InChI=1S/C24H35N3O4/c1-13-19(14(2)27(10)26-13)25-21(29)15(3)31-22(30)17-11-16(23(4,5)6)12-18(20(17)28)24(7,8)9/h11-12,15,28H,1-10H3,(H,25,29)/t15-/m0/s1. The molecule has 0 bridgehead atoms. The summed E-state index contributed by atoms with van der Waals surface area (Å²) in [6, 6.07) is 3.57. The number of ether oxygens (including phenoxy) is 1. The van der Waals surface area contributed by atoms with Crippen LogP contribution in [0.25, 0.3) is 0 Å². The van der Waals surface area contributed by atoms with Gasteiger partial charge >= 0.3 is 5.97 Å². The van der Waals surface area contributed by atoms with Gasteiger partial charge < -0.3 is 15.2 Å². The molecule has 2 rings (SSSR count). The van der Waals surface area contributed by atoms with Crippen LogP contribution in [-0.2, 0) is 27.4 Å². The van der Waals surface area contributed by atoms with E-state index in [1.54, 1.807) is 24.7 Å². The molecule has 1 amide bonds. The molecule has 7 nitrogen and oxygen atoms in total. The average molecular weight is 430 g/mol. The van der Waals surface area contributed by atoms with Crippen LogP contribution in [0.3, 0.4) is 0 Å². The molecular weight excluding hydrogens is 394 g/mol. The van der Waals surface area contributed by atoms with Gasteiger partial charge in [-0.1, -0.05) is 47.6 Å². The van der Waals surface area contributed by atoms with Gasteiger partial charge in [-0.15, -0.1) is 0 Å². The SMILES string of the molecule is Cc1nn(C)c(C)c1NC(=O)[C@H](C)OC(=O)c1cc(C(C)(C)C)cc(C(C)(C)C)c1O. The van der Waals surface area contributed by atoms with Crippen molar-refractivity contribution in [3.63, 3.8) is 0 Å². The van der Waals surface area contributed by atoms with E-state index in [1.165, 1.54) is 6.92 Å². The fraction of sp³-hybridized carbons (Fsp3) is 0.542. The van der Waals surface area contributed by atoms with E-state index in [2.05, 4.69) is 10.4 Å². The van der Waals surface area contributed by atoms with Gasteiger partial charge in [-0.2, -0.15) is 5.10 Å². The van der Waals surface area contributed by atoms with E-state index in [9.17, 15) is 14.7 Å². The van der Waals surface area contributed by atoms with Gasteiger partial charge in [-0.05, 0) is 43.2 Å². The normalized spacial score (nSPS) is 13.1. The number of phenolic OH excluding ortho intramolecular Hbond substituents is 1. The van der Waals surface area contributed by atoms with Crippen LogP contribution in [0.15, 0.2) is 12.1 Å². The van der Waals surface area contributed by atoms with Crippen molar-refractivity contribution in [3.05, 3.63) is 40.2 Å². The second kappa shape index (κ2) is 8.36. The number of aromatic hydroxyl groups is 1. The first-order valence-electron chi connectivity index (χ1n) is 10.4. The van der Waals surface area contributed by atoms with Crippen molar-refractivity contribution >= 4 is 17.6 Å². The molecule has 1 heterocycles. The first kappa shape index (κ1) is 24.4. The Hall–Kier alpha value is -2.83. The minimum atomic E-state index is -1.05. The van der Waals surface area contributed by atoms with Crippen molar-refractivity contribution in [2.45, 2.75) is 79.2 Å². The van der Waals surface area contributed by atoms with Crippen LogP contribution in [-0.4, -0.2) is 32.9 Å². The lowest BCUT2D eigenvalue weighted by molar-refractivity contribution is -0.123. The van der Waals surface area contributed by atoms with Gasteiger partial charge in [0, 0.05) is 12.6 Å². The number of anilines is 1. The second-order valence-electron chi connectivity index (χ2n) is 10.1. The first-order chi connectivity index (χ1) is 14.0. The summed E-state index contributed by atoms with van der Waals surface area (Å²) >= 11 is 0. The molecule has 0 unspecified atom stereocenters. The summed E-state index contributed by atoms with van der Waals surface area (Å²) in [6.45, 7) is 17.2. The van der Waals surface area contributed by atoms with Gasteiger partial charge in [0.25, 0.3) is 5.91 Å². The number of carbonyl (C=O) groups excluding carboxylic acids is 2. The quantitative estimate of drug-likeness (QED) is 0.697. The molecule has 7 heteroatoms. The van der Waals surface area contributed by atoms with Crippen molar-refractivity contribution in [3.8, 4) is 5.75 Å². The van der Waals surface area contributed by atoms with Gasteiger partial charge in [0.1, 0.15) is 11.3 Å². The van der Waals surface area contributed by atoms with E-state index in [0.717, 1.165) is 11.3 Å². The molecule has 0 saturated carbocycles. The number of nitrogens with zero attached hydrogens (tertiary/aromatic N) is 2. The number of phenols is 1. The van der Waals surface area contributed by atoms with Crippen LogP contribution in [0.5, 0.6) is 5.75 Å². The zero-order chi connectivity index (χ0) is 23.9. The number of nitrogens with one attached hydrogen (secondary N) is 1. The summed E-state index contributed by atoms with van der Waals surface area (Å²) in [5.41, 5.74) is 3.09. The zero-order valence-electron chi connectivity index (χ0n) is 20.3. The van der Waals surface area contributed by atoms with E-state index >= 15 is 0 Å². The maximum atomic E-state index is 13.0. The number of rotatable bonds is 4. The number of aromatic nitrogens is 2. The van der Waals surface area contributed by atoms with E-state index < -0.39 is 18.0 Å². The zero-order valence-corrected chi connectivity index (χ0v) is 20.3. The molecule has 0 aliphatic carbocycles. The Balaban J connectivity index is 2.32. The van der Waals surface area contributed by atoms with Crippen molar-refractivity contribution < 1.29 is 19.4 Å². The van der Waals surface area contributed by atoms with E-state index in [4.69, 9.17) is 4.74 Å². The third kappa shape index (κ3) is 5.27. The van der Waals surface area contributed by atoms with Gasteiger partial charge in [0.05, 0.1) is 17.1 Å². The largest absolute Gasteiger partial charge is 0.507 e. The fourth-order valence-electron chi connectivity index (χ4n) is 3.25. The highest BCUT2D eigenvalue weighted by atomic mass is 16.5. The lowest BCUT2D eigenvalue weighted by atomic mass is 9.79. The van der Waals surface area contributed by atoms with Gasteiger partial charge in [0.15, 0.2) is 6.10 Å². The summed E-state index contributed by atoms with van der Waals surface area (Å²) in [6.07, 6.45) is -1.05. The van der Waals surface area contributed by atoms with Crippen molar-refractivity contribution in [2.24, 2.45) is 7.05 Å². The van der Waals surface area contributed by atoms with E-state index in [-0.39, 0.29) is 22.1 Å². The van der Waals surface area contributed by atoms with Crippen LogP contribution in [0.2, 0.25) is 0 Å². The lowest BCUT2D eigenvalue weighted by Crippen LogP contribution is -2.30. The summed E-state index contributed by atoms with van der Waals surface area (Å²) in [4.78, 5) is 25.6. The van der Waals surface area contributed by atoms with Crippen LogP contribution in [0.1, 0.15) is 81.3 Å². The number of carbonyl (C=O) groups is 2. The molecule has 2 aromatic rings. The minimum Gasteiger partial charge on any atom is -0.507 e. The first-order valence-corrected chi connectivity index (χ1v) is 10.4. The molecule has 1 aromatic heterocycles. The molecule has 0 fully saturated rings. The minimum absolute atomic E-state index is 0.0609. The summed E-state index contributed by atoms with van der Waals surface area (Å²) in [5.74, 6) is -1.32. The number of aryl methyl sites for hydroxylation is 2. The monoisotopic (exact) mass is 429 g/mol. The Labute approximate surface area is 184 Å². The molecule has 170 valence electrons. The summed E-state index contributed by atoms with van der Waals surface area (Å²) in [7, 11) is 1.79. The Morgan fingerprint density at radius 2 is 1.68 bits per heavy atom. The predicted octanol–water partition coefficient (Wildman–Crippen LogP) is 4.52. The van der Waals surface area contributed by atoms with Crippen LogP contribution < -0.4 is 5.32 Å². The van der Waals surface area contributed by atoms with Gasteiger partial charge in [0.2, 0.25) is 0 Å². The average Bonchev–Trinajstić information content (AvgIpc) is 2.85.